The second-order valence-electron chi connectivity index (χ2n) is 14.1. The summed E-state index contributed by atoms with van der Waals surface area (Å²) in [6.45, 7) is 9.59. The van der Waals surface area contributed by atoms with Crippen LogP contribution >= 0.6 is 0 Å². The van der Waals surface area contributed by atoms with Gasteiger partial charge in [-0.15, -0.1) is 0 Å². The minimum absolute atomic E-state index is 0.195. The summed E-state index contributed by atoms with van der Waals surface area (Å²) in [6, 6.07) is 5.41. The largest absolute Gasteiger partial charge is 0.465 e. The number of esters is 1. The molecule has 4 aliphatic rings. The van der Waals surface area contributed by atoms with E-state index in [-0.39, 0.29) is 29.0 Å². The van der Waals surface area contributed by atoms with Crippen molar-refractivity contribution in [1.82, 2.24) is 4.98 Å². The lowest BCUT2D eigenvalue weighted by Gasteiger charge is -2.64. The van der Waals surface area contributed by atoms with Crippen LogP contribution in [0.3, 0.4) is 0 Å². The number of carbonyl (C=O) groups is 1. The average molecular weight is 538 g/mol. The monoisotopic (exact) mass is 537 g/mol. The molecule has 4 aliphatic carbocycles. The predicted molar refractivity (Wildman–Crippen MR) is 150 cm³/mol. The molecule has 0 amide bonds. The van der Waals surface area contributed by atoms with Crippen LogP contribution in [0.1, 0.15) is 95.3 Å². The first-order valence-corrected chi connectivity index (χ1v) is 15.4. The molecule has 39 heavy (non-hydrogen) atoms. The van der Waals surface area contributed by atoms with Crippen molar-refractivity contribution in [2.45, 2.75) is 97.7 Å². The SMILES string of the molecule is CC[C@H]1[C@@H](O)C2[C@H](CC[C@]3(C)[C@@H]([C@H](C)Cc4nc5c(C(=O)OC)cccc5o4)CC[C@@H]23)C2(C)CC[C@@H](O)C[C@@H]12. The smallest absolute Gasteiger partial charge is 0.340 e. The number of ether oxygens (including phenoxy) is 1. The quantitative estimate of drug-likeness (QED) is 0.428. The Balaban J connectivity index is 1.25. The fourth-order valence-corrected chi connectivity index (χ4v) is 10.7. The van der Waals surface area contributed by atoms with E-state index in [0.717, 1.165) is 32.1 Å². The van der Waals surface area contributed by atoms with E-state index in [1.54, 1.807) is 6.07 Å². The second kappa shape index (κ2) is 9.87. The Kier molecular flexibility index (Phi) is 6.90. The number of methoxy groups -OCH3 is 1. The second-order valence-corrected chi connectivity index (χ2v) is 14.1. The number of benzene rings is 1. The Morgan fingerprint density at radius 3 is 2.59 bits per heavy atom. The molecule has 1 aromatic heterocycles. The molecule has 0 radical (unpaired) electrons. The molecule has 6 nitrogen and oxygen atoms in total. The summed E-state index contributed by atoms with van der Waals surface area (Å²) in [5, 5.41) is 22.5. The summed E-state index contributed by atoms with van der Waals surface area (Å²) in [7, 11) is 1.39. The van der Waals surface area contributed by atoms with Crippen LogP contribution in [-0.2, 0) is 11.2 Å². The maximum atomic E-state index is 12.2. The molecule has 0 spiro atoms. The highest BCUT2D eigenvalue weighted by Gasteiger charge is 2.64. The van der Waals surface area contributed by atoms with Crippen LogP contribution in [0.2, 0.25) is 0 Å². The number of fused-ring (bicyclic) bond motifs is 6. The van der Waals surface area contributed by atoms with E-state index >= 15 is 0 Å². The average Bonchev–Trinajstić information content (AvgIpc) is 3.49. The number of rotatable bonds is 5. The molecule has 6 heteroatoms. The molecule has 6 rings (SSSR count). The number of nitrogens with zero attached hydrogens (tertiary/aromatic N) is 1. The van der Waals surface area contributed by atoms with Gasteiger partial charge >= 0.3 is 5.97 Å². The molecule has 2 unspecified atom stereocenters. The van der Waals surface area contributed by atoms with Gasteiger partial charge in [-0.25, -0.2) is 9.78 Å². The van der Waals surface area contributed by atoms with Gasteiger partial charge in [0.25, 0.3) is 0 Å². The molecular formula is C33H47NO5. The van der Waals surface area contributed by atoms with Crippen LogP contribution in [0.25, 0.3) is 11.1 Å². The molecule has 2 N–H and O–H groups in total. The third kappa shape index (κ3) is 4.10. The fraction of sp³-hybridized carbons (Fsp3) is 0.758. The number of hydrogen-bond acceptors (Lipinski definition) is 6. The molecule has 2 aromatic rings. The van der Waals surface area contributed by atoms with Crippen LogP contribution in [0.4, 0.5) is 0 Å². The molecule has 1 heterocycles. The van der Waals surface area contributed by atoms with E-state index in [2.05, 4.69) is 27.7 Å². The van der Waals surface area contributed by atoms with Crippen molar-refractivity contribution >= 4 is 17.1 Å². The molecule has 214 valence electrons. The molecule has 0 bridgehead atoms. The highest BCUT2D eigenvalue weighted by atomic mass is 16.5. The van der Waals surface area contributed by atoms with Crippen LogP contribution in [0, 0.1) is 52.3 Å². The van der Waals surface area contributed by atoms with Crippen molar-refractivity contribution in [2.24, 2.45) is 52.3 Å². The van der Waals surface area contributed by atoms with Gasteiger partial charge in [-0.2, -0.15) is 0 Å². The van der Waals surface area contributed by atoms with E-state index in [1.165, 1.54) is 32.8 Å². The summed E-state index contributed by atoms with van der Waals surface area (Å²) in [5.41, 5.74) is 2.08. The third-order valence-electron chi connectivity index (χ3n) is 12.5. The lowest BCUT2D eigenvalue weighted by atomic mass is 9.41. The number of aliphatic hydroxyl groups excluding tert-OH is 2. The summed E-state index contributed by atoms with van der Waals surface area (Å²) in [6.07, 6.45) is 8.89. The first-order valence-electron chi connectivity index (χ1n) is 15.4. The highest BCUT2D eigenvalue weighted by molar-refractivity contribution is 6.01. The maximum absolute atomic E-state index is 12.2. The van der Waals surface area contributed by atoms with Gasteiger partial charge in [-0.05, 0) is 109 Å². The van der Waals surface area contributed by atoms with Crippen molar-refractivity contribution < 1.29 is 24.2 Å². The van der Waals surface area contributed by atoms with Gasteiger partial charge in [-0.3, -0.25) is 0 Å². The van der Waals surface area contributed by atoms with Crippen molar-refractivity contribution in [2.75, 3.05) is 7.11 Å². The molecule has 1 aromatic carbocycles. The van der Waals surface area contributed by atoms with E-state index in [4.69, 9.17) is 14.1 Å². The number of para-hydroxylation sites is 1. The predicted octanol–water partition coefficient (Wildman–Crippen LogP) is 6.42. The zero-order chi connectivity index (χ0) is 27.7. The molecular weight excluding hydrogens is 490 g/mol. The van der Waals surface area contributed by atoms with Gasteiger partial charge in [0.05, 0.1) is 24.9 Å². The van der Waals surface area contributed by atoms with Gasteiger partial charge < -0.3 is 19.4 Å². The van der Waals surface area contributed by atoms with Crippen LogP contribution in [-0.4, -0.2) is 40.5 Å². The molecule has 0 aliphatic heterocycles. The Bertz CT molecular complexity index is 1220. The summed E-state index contributed by atoms with van der Waals surface area (Å²) in [5.74, 6) is 3.39. The summed E-state index contributed by atoms with van der Waals surface area (Å²) in [4.78, 5) is 17.0. The fourth-order valence-electron chi connectivity index (χ4n) is 10.7. The van der Waals surface area contributed by atoms with Gasteiger partial charge in [-0.1, -0.05) is 40.2 Å². The van der Waals surface area contributed by atoms with Crippen molar-refractivity contribution in [1.29, 1.82) is 0 Å². The minimum Gasteiger partial charge on any atom is -0.465 e. The zero-order valence-corrected chi connectivity index (χ0v) is 24.4. The van der Waals surface area contributed by atoms with Gasteiger partial charge in [0.2, 0.25) is 0 Å². The Labute approximate surface area is 232 Å². The van der Waals surface area contributed by atoms with Crippen molar-refractivity contribution in [3.63, 3.8) is 0 Å². The van der Waals surface area contributed by atoms with Gasteiger partial charge in [0.15, 0.2) is 11.5 Å². The highest BCUT2D eigenvalue weighted by Crippen LogP contribution is 2.69. The zero-order valence-electron chi connectivity index (χ0n) is 24.4. The van der Waals surface area contributed by atoms with Crippen molar-refractivity contribution in [3.05, 3.63) is 29.7 Å². The number of hydrogen-bond donors (Lipinski definition) is 2. The lowest BCUT2D eigenvalue weighted by molar-refractivity contribution is -0.203. The topological polar surface area (TPSA) is 92.8 Å². The molecule has 11 atom stereocenters. The normalized spacial score (nSPS) is 42.4. The number of oxazole rings is 1. The van der Waals surface area contributed by atoms with Gasteiger partial charge in [0, 0.05) is 6.42 Å². The summed E-state index contributed by atoms with van der Waals surface area (Å²) < 4.78 is 11.1. The lowest BCUT2D eigenvalue weighted by Crippen LogP contribution is -2.62. The molecule has 4 saturated carbocycles. The molecule has 4 fully saturated rings. The summed E-state index contributed by atoms with van der Waals surface area (Å²) >= 11 is 0. The van der Waals surface area contributed by atoms with Crippen molar-refractivity contribution in [3.8, 4) is 0 Å². The van der Waals surface area contributed by atoms with Crippen LogP contribution < -0.4 is 0 Å². The number of aliphatic hydroxyl groups is 2. The first kappa shape index (κ1) is 27.3. The van der Waals surface area contributed by atoms with E-state index in [1.807, 2.05) is 12.1 Å². The Morgan fingerprint density at radius 2 is 1.85 bits per heavy atom. The standard InChI is InChI=1S/C33H47NO5/c1-6-20-25-17-19(35)12-14-33(25,4)24-13-15-32(3)22(10-11-23(32)28(24)30(20)36)18(2)16-27-34-29-21(31(37)38-5)8-7-9-26(29)39-27/h7-9,18-20,22-25,28,30,35-36H,6,10-17H2,1-5H3/t18-,19-,20-,22-,23+,24+,25+,28?,30-,32-,33?/m1/s1. The van der Waals surface area contributed by atoms with E-state index in [9.17, 15) is 15.0 Å². The van der Waals surface area contributed by atoms with Crippen LogP contribution in [0.5, 0.6) is 0 Å². The Morgan fingerprint density at radius 1 is 1.10 bits per heavy atom. The number of carbonyl (C=O) groups excluding carboxylic acids is 1. The third-order valence-corrected chi connectivity index (χ3v) is 12.5. The minimum atomic E-state index is -0.392. The van der Waals surface area contributed by atoms with E-state index in [0.29, 0.717) is 58.1 Å². The molecule has 0 saturated heterocycles. The maximum Gasteiger partial charge on any atom is 0.340 e. The number of aromatic nitrogens is 1. The van der Waals surface area contributed by atoms with Gasteiger partial charge in [0.1, 0.15) is 5.52 Å². The van der Waals surface area contributed by atoms with Crippen LogP contribution in [0.15, 0.2) is 22.6 Å². The van der Waals surface area contributed by atoms with E-state index < -0.39 is 5.97 Å². The first-order chi connectivity index (χ1) is 18.6. The Hall–Kier alpha value is -1.92.